The van der Waals surface area contributed by atoms with Crippen LogP contribution in [0.1, 0.15) is 30.2 Å². The van der Waals surface area contributed by atoms with Crippen molar-refractivity contribution in [1.82, 2.24) is 5.32 Å². The second-order valence-electron chi connectivity index (χ2n) is 7.21. The quantitative estimate of drug-likeness (QED) is 0.618. The predicted molar refractivity (Wildman–Crippen MR) is 113 cm³/mol. The minimum absolute atomic E-state index is 0.0509. The second kappa shape index (κ2) is 8.23. The molecule has 156 valence electrons. The lowest BCUT2D eigenvalue weighted by molar-refractivity contribution is 0.246. The molecule has 3 aromatic rings. The van der Waals surface area contributed by atoms with Crippen molar-refractivity contribution < 1.29 is 22.4 Å². The van der Waals surface area contributed by atoms with Crippen LogP contribution < -0.4 is 15.4 Å². The standard InChI is InChI=1S/C22H22N2O5S/c1-30(26,27)18-11-9-17(10-12-18)29-16-7-5-15(6-8-16)23-22(25)24-20-3-2-4-21-19(20)13-14-28-21/h5-14,20H,2-4H2,1H3,(H2,23,24,25). The third kappa shape index (κ3) is 4.65. The molecule has 30 heavy (non-hydrogen) atoms. The van der Waals surface area contributed by atoms with E-state index in [0.29, 0.717) is 17.2 Å². The van der Waals surface area contributed by atoms with Crippen molar-refractivity contribution in [2.75, 3.05) is 11.6 Å². The molecule has 1 heterocycles. The first-order valence-electron chi connectivity index (χ1n) is 9.60. The van der Waals surface area contributed by atoms with E-state index in [1.165, 1.54) is 12.1 Å². The van der Waals surface area contributed by atoms with Crippen molar-refractivity contribution in [2.45, 2.75) is 30.2 Å². The molecule has 4 rings (SSSR count). The van der Waals surface area contributed by atoms with Crippen LogP contribution in [-0.2, 0) is 16.3 Å². The fourth-order valence-electron chi connectivity index (χ4n) is 3.46. The van der Waals surface area contributed by atoms with Crippen LogP contribution in [0.4, 0.5) is 10.5 Å². The summed E-state index contributed by atoms with van der Waals surface area (Å²) >= 11 is 0. The first-order valence-corrected chi connectivity index (χ1v) is 11.5. The summed E-state index contributed by atoms with van der Waals surface area (Å²) in [4.78, 5) is 12.6. The number of aryl methyl sites for hydroxylation is 1. The van der Waals surface area contributed by atoms with Gasteiger partial charge in [-0.05, 0) is 67.4 Å². The summed E-state index contributed by atoms with van der Waals surface area (Å²) in [6.07, 6.45) is 5.58. The molecule has 1 aliphatic carbocycles. The van der Waals surface area contributed by atoms with Crippen molar-refractivity contribution in [3.05, 3.63) is 72.2 Å². The van der Waals surface area contributed by atoms with E-state index < -0.39 is 9.84 Å². The van der Waals surface area contributed by atoms with Crippen molar-refractivity contribution >= 4 is 21.6 Å². The van der Waals surface area contributed by atoms with Crippen LogP contribution in [0.2, 0.25) is 0 Å². The maximum Gasteiger partial charge on any atom is 0.319 e. The molecule has 1 aromatic heterocycles. The highest BCUT2D eigenvalue weighted by Gasteiger charge is 2.24. The zero-order valence-corrected chi connectivity index (χ0v) is 17.2. The average Bonchev–Trinajstić information content (AvgIpc) is 3.19. The van der Waals surface area contributed by atoms with E-state index in [-0.39, 0.29) is 17.0 Å². The van der Waals surface area contributed by atoms with E-state index in [1.54, 1.807) is 42.7 Å². The molecule has 0 fully saturated rings. The fourth-order valence-corrected chi connectivity index (χ4v) is 4.09. The van der Waals surface area contributed by atoms with E-state index in [4.69, 9.17) is 9.15 Å². The number of hydrogen-bond donors (Lipinski definition) is 2. The topological polar surface area (TPSA) is 97.6 Å². The molecule has 0 bridgehead atoms. The summed E-state index contributed by atoms with van der Waals surface area (Å²) in [5.74, 6) is 2.04. The molecule has 0 saturated heterocycles. The zero-order valence-electron chi connectivity index (χ0n) is 16.4. The summed E-state index contributed by atoms with van der Waals surface area (Å²) < 4.78 is 34.2. The maximum atomic E-state index is 12.4. The van der Waals surface area contributed by atoms with Gasteiger partial charge in [0.1, 0.15) is 17.3 Å². The largest absolute Gasteiger partial charge is 0.469 e. The molecule has 2 amide bonds. The average molecular weight is 426 g/mol. The molecule has 7 nitrogen and oxygen atoms in total. The number of carbonyl (C=O) groups excluding carboxylic acids is 1. The highest BCUT2D eigenvalue weighted by atomic mass is 32.2. The molecule has 0 saturated carbocycles. The molecular formula is C22H22N2O5S. The number of ether oxygens (including phenoxy) is 1. The monoisotopic (exact) mass is 426 g/mol. The molecular weight excluding hydrogens is 404 g/mol. The Morgan fingerprint density at radius 3 is 2.37 bits per heavy atom. The van der Waals surface area contributed by atoms with Crippen molar-refractivity contribution in [3.8, 4) is 11.5 Å². The van der Waals surface area contributed by atoms with Gasteiger partial charge in [0.2, 0.25) is 0 Å². The number of carbonyl (C=O) groups is 1. The predicted octanol–water partition coefficient (Wildman–Crippen LogP) is 4.67. The van der Waals surface area contributed by atoms with Gasteiger partial charge >= 0.3 is 6.03 Å². The Labute approximate surface area is 175 Å². The van der Waals surface area contributed by atoms with Gasteiger partial charge in [0, 0.05) is 23.9 Å². The minimum atomic E-state index is -3.24. The summed E-state index contributed by atoms with van der Waals surface area (Å²) in [6, 6.07) is 14.7. The SMILES string of the molecule is CS(=O)(=O)c1ccc(Oc2ccc(NC(=O)NC3CCCc4occc43)cc2)cc1. The van der Waals surface area contributed by atoms with Gasteiger partial charge in [-0.3, -0.25) is 0 Å². The van der Waals surface area contributed by atoms with Gasteiger partial charge in [0.15, 0.2) is 9.84 Å². The van der Waals surface area contributed by atoms with E-state index in [9.17, 15) is 13.2 Å². The number of rotatable bonds is 5. The van der Waals surface area contributed by atoms with Crippen LogP contribution >= 0.6 is 0 Å². The Hall–Kier alpha value is -3.26. The van der Waals surface area contributed by atoms with E-state index in [1.807, 2.05) is 6.07 Å². The Morgan fingerprint density at radius 2 is 1.70 bits per heavy atom. The summed E-state index contributed by atoms with van der Waals surface area (Å²) in [5.41, 5.74) is 1.68. The number of anilines is 1. The van der Waals surface area contributed by atoms with E-state index >= 15 is 0 Å². The van der Waals surface area contributed by atoms with Gasteiger partial charge in [0.25, 0.3) is 0 Å². The number of fused-ring (bicyclic) bond motifs is 1. The molecule has 1 atom stereocenters. The van der Waals surface area contributed by atoms with Crippen molar-refractivity contribution in [3.63, 3.8) is 0 Å². The number of sulfone groups is 1. The number of hydrogen-bond acceptors (Lipinski definition) is 5. The van der Waals surface area contributed by atoms with Crippen LogP contribution in [0.25, 0.3) is 0 Å². The highest BCUT2D eigenvalue weighted by Crippen LogP contribution is 2.30. The molecule has 0 spiro atoms. The fraction of sp³-hybridized carbons (Fsp3) is 0.227. The zero-order chi connectivity index (χ0) is 21.1. The number of benzene rings is 2. The molecule has 8 heteroatoms. The van der Waals surface area contributed by atoms with Gasteiger partial charge in [-0.25, -0.2) is 13.2 Å². The Balaban J connectivity index is 1.34. The van der Waals surface area contributed by atoms with Gasteiger partial charge in [0.05, 0.1) is 17.2 Å². The third-order valence-corrected chi connectivity index (χ3v) is 6.09. The molecule has 2 N–H and O–H groups in total. The summed E-state index contributed by atoms with van der Waals surface area (Å²) in [7, 11) is -3.24. The van der Waals surface area contributed by atoms with E-state index in [2.05, 4.69) is 10.6 Å². The molecule has 0 radical (unpaired) electrons. The number of amides is 2. The maximum absolute atomic E-state index is 12.4. The smallest absolute Gasteiger partial charge is 0.319 e. The van der Waals surface area contributed by atoms with Crippen LogP contribution in [0.5, 0.6) is 11.5 Å². The summed E-state index contributed by atoms with van der Waals surface area (Å²) in [6.45, 7) is 0. The Kier molecular flexibility index (Phi) is 5.50. The first kappa shape index (κ1) is 20.0. The lowest BCUT2D eigenvalue weighted by Crippen LogP contribution is -2.34. The van der Waals surface area contributed by atoms with Crippen LogP contribution in [0, 0.1) is 0 Å². The molecule has 1 aliphatic rings. The molecule has 1 unspecified atom stereocenters. The van der Waals surface area contributed by atoms with E-state index in [0.717, 1.165) is 36.8 Å². The normalized spacial score (nSPS) is 15.8. The number of furan rings is 1. The van der Waals surface area contributed by atoms with Gasteiger partial charge in [-0.1, -0.05) is 0 Å². The number of urea groups is 1. The summed E-state index contributed by atoms with van der Waals surface area (Å²) in [5, 5.41) is 5.82. The number of nitrogens with one attached hydrogen (secondary N) is 2. The van der Waals surface area contributed by atoms with Crippen molar-refractivity contribution in [1.29, 1.82) is 0 Å². The van der Waals surface area contributed by atoms with Gasteiger partial charge in [-0.2, -0.15) is 0 Å². The molecule has 0 aliphatic heterocycles. The highest BCUT2D eigenvalue weighted by molar-refractivity contribution is 7.90. The molecule has 2 aromatic carbocycles. The van der Waals surface area contributed by atoms with Crippen LogP contribution in [0.15, 0.2) is 70.2 Å². The Morgan fingerprint density at radius 1 is 1.03 bits per heavy atom. The van der Waals surface area contributed by atoms with Crippen molar-refractivity contribution in [2.24, 2.45) is 0 Å². The minimum Gasteiger partial charge on any atom is -0.469 e. The lowest BCUT2D eigenvalue weighted by Gasteiger charge is -2.22. The Bertz CT molecular complexity index is 1140. The third-order valence-electron chi connectivity index (χ3n) is 4.96. The van der Waals surface area contributed by atoms with Gasteiger partial charge in [-0.15, -0.1) is 0 Å². The van der Waals surface area contributed by atoms with Crippen LogP contribution in [0.3, 0.4) is 0 Å². The van der Waals surface area contributed by atoms with Crippen LogP contribution in [-0.4, -0.2) is 20.7 Å². The van der Waals surface area contributed by atoms with Gasteiger partial charge < -0.3 is 19.8 Å². The first-order chi connectivity index (χ1) is 14.4. The lowest BCUT2D eigenvalue weighted by atomic mass is 9.93. The second-order valence-corrected chi connectivity index (χ2v) is 9.23.